The molecule has 6 heteroatoms. The summed E-state index contributed by atoms with van der Waals surface area (Å²) < 4.78 is 10.4. The summed E-state index contributed by atoms with van der Waals surface area (Å²) in [5, 5.41) is 1.77. The smallest absolute Gasteiger partial charge is 0.313 e. The van der Waals surface area contributed by atoms with Crippen molar-refractivity contribution in [3.8, 4) is 0 Å². The maximum Gasteiger partial charge on any atom is 0.313 e. The quantitative estimate of drug-likeness (QED) is 0.559. The number of carbonyl (C=O) groups excluding carboxylic acids is 2. The second kappa shape index (κ2) is 7.88. The second-order valence-electron chi connectivity index (χ2n) is 6.18. The van der Waals surface area contributed by atoms with E-state index < -0.39 is 12.0 Å². The predicted octanol–water partition coefficient (Wildman–Crippen LogP) is 1.73. The van der Waals surface area contributed by atoms with Crippen molar-refractivity contribution < 1.29 is 23.9 Å². The van der Waals surface area contributed by atoms with Crippen molar-refractivity contribution in [3.05, 3.63) is 35.9 Å². The van der Waals surface area contributed by atoms with E-state index in [-0.39, 0.29) is 24.2 Å². The number of rotatable bonds is 7. The lowest BCUT2D eigenvalue weighted by atomic mass is 9.90. The Bertz CT molecular complexity index is 576. The van der Waals surface area contributed by atoms with Gasteiger partial charge in [0.2, 0.25) is 0 Å². The summed E-state index contributed by atoms with van der Waals surface area (Å²) in [6.45, 7) is 1.54. The van der Waals surface area contributed by atoms with E-state index in [1.54, 1.807) is 5.06 Å². The van der Waals surface area contributed by atoms with Crippen LogP contribution in [0.4, 0.5) is 0 Å². The van der Waals surface area contributed by atoms with E-state index in [4.69, 9.17) is 14.3 Å². The molecule has 1 aromatic rings. The first-order valence-corrected chi connectivity index (χ1v) is 8.36. The number of ketones is 1. The van der Waals surface area contributed by atoms with Crippen molar-refractivity contribution in [1.29, 1.82) is 0 Å². The second-order valence-corrected chi connectivity index (χ2v) is 6.18. The summed E-state index contributed by atoms with van der Waals surface area (Å²) in [5.41, 5.74) is 1.06. The van der Waals surface area contributed by atoms with Crippen LogP contribution in [0, 0.1) is 5.92 Å². The molecular weight excluding hydrogens is 310 g/mol. The third kappa shape index (κ3) is 3.66. The molecule has 0 bridgehead atoms. The minimum absolute atomic E-state index is 0.0448. The molecule has 0 unspecified atom stereocenters. The molecule has 0 saturated carbocycles. The van der Waals surface area contributed by atoms with Gasteiger partial charge in [-0.3, -0.25) is 14.4 Å². The van der Waals surface area contributed by atoms with Crippen LogP contribution in [0.25, 0.3) is 0 Å². The Morgan fingerprint density at radius 2 is 2.08 bits per heavy atom. The highest BCUT2D eigenvalue weighted by atomic mass is 16.7. The van der Waals surface area contributed by atoms with E-state index in [1.165, 1.54) is 7.11 Å². The van der Waals surface area contributed by atoms with E-state index >= 15 is 0 Å². The summed E-state index contributed by atoms with van der Waals surface area (Å²) >= 11 is 0. The first-order valence-electron chi connectivity index (χ1n) is 8.36. The standard InChI is InChI=1S/C18H23NO5/c1-22-18(21)16-14-8-5-10-19(14)24-17(16)15(20)9-11-23-12-13-6-3-2-4-7-13/h2-4,6-7,14,16-17H,5,8-12H2,1H3/t14-,16-,17+/m1/s1. The predicted molar refractivity (Wildman–Crippen MR) is 85.8 cm³/mol. The summed E-state index contributed by atoms with van der Waals surface area (Å²) in [6.07, 6.45) is 1.31. The highest BCUT2D eigenvalue weighted by Crippen LogP contribution is 2.36. The molecule has 0 amide bonds. The SMILES string of the molecule is COC(=O)[C@@H]1[C@H]2CCCN2O[C@H]1C(=O)CCOCc1ccccc1. The van der Waals surface area contributed by atoms with Gasteiger partial charge in [0.1, 0.15) is 5.92 Å². The fourth-order valence-corrected chi connectivity index (χ4v) is 3.42. The average Bonchev–Trinajstić information content (AvgIpc) is 3.19. The van der Waals surface area contributed by atoms with E-state index in [9.17, 15) is 9.59 Å². The zero-order valence-corrected chi connectivity index (χ0v) is 13.8. The molecule has 1 aromatic carbocycles. The number of benzene rings is 1. The largest absolute Gasteiger partial charge is 0.469 e. The van der Waals surface area contributed by atoms with Crippen molar-refractivity contribution in [1.82, 2.24) is 5.06 Å². The van der Waals surface area contributed by atoms with Crippen molar-refractivity contribution in [2.24, 2.45) is 5.92 Å². The molecule has 130 valence electrons. The van der Waals surface area contributed by atoms with Crippen LogP contribution in [0.5, 0.6) is 0 Å². The molecule has 2 saturated heterocycles. The number of ether oxygens (including phenoxy) is 2. The molecule has 6 nitrogen and oxygen atoms in total. The molecule has 0 N–H and O–H groups in total. The van der Waals surface area contributed by atoms with E-state index in [0.29, 0.717) is 13.2 Å². The molecule has 24 heavy (non-hydrogen) atoms. The zero-order valence-electron chi connectivity index (χ0n) is 13.8. The molecular formula is C18H23NO5. The molecule has 2 fully saturated rings. The third-order valence-electron chi connectivity index (χ3n) is 4.63. The summed E-state index contributed by atoms with van der Waals surface area (Å²) in [7, 11) is 1.35. The Labute approximate surface area is 141 Å². The van der Waals surface area contributed by atoms with Crippen LogP contribution in [-0.4, -0.2) is 49.2 Å². The molecule has 0 aromatic heterocycles. The van der Waals surface area contributed by atoms with Crippen LogP contribution in [0.15, 0.2) is 30.3 Å². The zero-order chi connectivity index (χ0) is 16.9. The molecule has 3 rings (SSSR count). The van der Waals surface area contributed by atoms with Crippen LogP contribution < -0.4 is 0 Å². The number of nitrogens with zero attached hydrogens (tertiary/aromatic N) is 1. The number of esters is 1. The maximum atomic E-state index is 12.5. The van der Waals surface area contributed by atoms with Crippen molar-refractivity contribution >= 4 is 11.8 Å². The summed E-state index contributed by atoms with van der Waals surface area (Å²) in [4.78, 5) is 30.3. The number of Topliss-reactive ketones (excluding diaryl/α,β-unsaturated/α-hetero) is 1. The molecule has 2 aliphatic rings. The number of methoxy groups -OCH3 is 1. The number of carbonyl (C=O) groups is 2. The van der Waals surface area contributed by atoms with Gasteiger partial charge in [0.05, 0.1) is 26.4 Å². The summed E-state index contributed by atoms with van der Waals surface area (Å²) in [5.74, 6) is -1.00. The Morgan fingerprint density at radius 3 is 2.83 bits per heavy atom. The van der Waals surface area contributed by atoms with Crippen LogP contribution >= 0.6 is 0 Å². The molecule has 3 atom stereocenters. The minimum Gasteiger partial charge on any atom is -0.469 e. The lowest BCUT2D eigenvalue weighted by molar-refractivity contribution is -0.168. The average molecular weight is 333 g/mol. The van der Waals surface area contributed by atoms with Gasteiger partial charge in [-0.15, -0.1) is 0 Å². The van der Waals surface area contributed by atoms with Crippen LogP contribution in [-0.2, 0) is 30.5 Å². The lowest BCUT2D eigenvalue weighted by Gasteiger charge is -2.17. The Balaban J connectivity index is 1.51. The van der Waals surface area contributed by atoms with Gasteiger partial charge in [-0.05, 0) is 18.4 Å². The van der Waals surface area contributed by atoms with Gasteiger partial charge < -0.3 is 9.47 Å². The monoisotopic (exact) mass is 333 g/mol. The number of hydrogen-bond donors (Lipinski definition) is 0. The molecule has 0 aliphatic carbocycles. The maximum absolute atomic E-state index is 12.5. The van der Waals surface area contributed by atoms with Crippen LogP contribution in [0.1, 0.15) is 24.8 Å². The summed E-state index contributed by atoms with van der Waals surface area (Å²) in [6, 6.07) is 9.75. The van der Waals surface area contributed by atoms with Crippen molar-refractivity contribution in [2.75, 3.05) is 20.3 Å². The fraction of sp³-hybridized carbons (Fsp3) is 0.556. The molecule has 0 spiro atoms. The van der Waals surface area contributed by atoms with Gasteiger partial charge in [0.15, 0.2) is 11.9 Å². The minimum atomic E-state index is -0.747. The fourth-order valence-electron chi connectivity index (χ4n) is 3.42. The first-order chi connectivity index (χ1) is 11.7. The number of hydroxylamine groups is 2. The Morgan fingerprint density at radius 1 is 1.29 bits per heavy atom. The highest BCUT2D eigenvalue weighted by Gasteiger charge is 2.52. The van der Waals surface area contributed by atoms with E-state index in [2.05, 4.69) is 0 Å². The van der Waals surface area contributed by atoms with Crippen LogP contribution in [0.2, 0.25) is 0 Å². The highest BCUT2D eigenvalue weighted by molar-refractivity contribution is 5.89. The number of fused-ring (bicyclic) bond motifs is 1. The van der Waals surface area contributed by atoms with Crippen molar-refractivity contribution in [2.45, 2.75) is 38.0 Å². The van der Waals surface area contributed by atoms with Crippen LogP contribution in [0.3, 0.4) is 0 Å². The third-order valence-corrected chi connectivity index (χ3v) is 4.63. The Kier molecular flexibility index (Phi) is 5.60. The normalized spacial score (nSPS) is 26.3. The number of hydrogen-bond acceptors (Lipinski definition) is 6. The lowest BCUT2D eigenvalue weighted by Crippen LogP contribution is -2.37. The van der Waals surface area contributed by atoms with Gasteiger partial charge >= 0.3 is 5.97 Å². The molecule has 0 radical (unpaired) electrons. The van der Waals surface area contributed by atoms with E-state index in [0.717, 1.165) is 24.9 Å². The first kappa shape index (κ1) is 17.1. The van der Waals surface area contributed by atoms with Gasteiger partial charge in [0, 0.05) is 13.0 Å². The molecule has 2 heterocycles. The van der Waals surface area contributed by atoms with E-state index in [1.807, 2.05) is 30.3 Å². The Hall–Kier alpha value is -1.76. The van der Waals surface area contributed by atoms with Gasteiger partial charge in [-0.1, -0.05) is 30.3 Å². The topological polar surface area (TPSA) is 65.1 Å². The van der Waals surface area contributed by atoms with Gasteiger partial charge in [-0.25, -0.2) is 0 Å². The molecule has 2 aliphatic heterocycles. The van der Waals surface area contributed by atoms with Gasteiger partial charge in [0.25, 0.3) is 0 Å². The van der Waals surface area contributed by atoms with Crippen molar-refractivity contribution in [3.63, 3.8) is 0 Å². The van der Waals surface area contributed by atoms with Gasteiger partial charge in [-0.2, -0.15) is 5.06 Å².